The van der Waals surface area contributed by atoms with Crippen molar-refractivity contribution in [3.8, 4) is 0 Å². The van der Waals surface area contributed by atoms with Crippen molar-refractivity contribution >= 4 is 21.3 Å². The van der Waals surface area contributed by atoms with E-state index in [1.807, 2.05) is 43.3 Å². The second kappa shape index (κ2) is 12.6. The highest BCUT2D eigenvalue weighted by molar-refractivity contribution is 7.72. The number of hydrogen-bond donors (Lipinski definition) is 0. The van der Waals surface area contributed by atoms with Crippen LogP contribution in [0.15, 0.2) is 42.5 Å². The van der Waals surface area contributed by atoms with Crippen LogP contribution in [0.1, 0.15) is 45.7 Å². The molecule has 1 aromatic carbocycles. The highest BCUT2D eigenvalue weighted by Gasteiger charge is 2.50. The maximum Gasteiger partial charge on any atom is 0.346 e. The summed E-state index contributed by atoms with van der Waals surface area (Å²) in [5.74, 6) is 0. The first-order chi connectivity index (χ1) is 13.7. The van der Waals surface area contributed by atoms with E-state index in [1.165, 1.54) is 0 Å². The van der Waals surface area contributed by atoms with Crippen LogP contribution in [0.25, 0.3) is 6.08 Å². The Morgan fingerprint density at radius 3 is 1.86 bits per heavy atom. The van der Waals surface area contributed by atoms with E-state index in [0.717, 1.165) is 16.7 Å². The van der Waals surface area contributed by atoms with Crippen LogP contribution in [0, 0.1) is 0 Å². The molecule has 0 aromatic heterocycles. The summed E-state index contributed by atoms with van der Waals surface area (Å²) < 4.78 is 49.3. The van der Waals surface area contributed by atoms with Crippen molar-refractivity contribution in [3.63, 3.8) is 0 Å². The molecule has 0 fully saturated rings. The van der Waals surface area contributed by atoms with Gasteiger partial charge in [-0.1, -0.05) is 48.6 Å². The van der Waals surface area contributed by atoms with Gasteiger partial charge in [-0.3, -0.25) is 9.13 Å². The highest BCUT2D eigenvalue weighted by Crippen LogP contribution is 2.71. The van der Waals surface area contributed by atoms with E-state index >= 15 is 0 Å². The first-order valence-corrected chi connectivity index (χ1v) is 13.2. The molecule has 0 atom stereocenters. The van der Waals surface area contributed by atoms with Crippen LogP contribution in [0.2, 0.25) is 0 Å². The molecule has 0 radical (unpaired) electrons. The monoisotopic (exact) mass is 444 g/mol. The number of rotatable bonds is 14. The minimum Gasteiger partial charge on any atom is -0.308 e. The third-order valence-electron chi connectivity index (χ3n) is 3.90. The Balaban J connectivity index is 3.41. The summed E-state index contributed by atoms with van der Waals surface area (Å²) in [6, 6.07) is 7.67. The molecule has 8 heteroatoms. The lowest BCUT2D eigenvalue weighted by molar-refractivity contribution is 0.195. The second-order valence-corrected chi connectivity index (χ2v) is 11.2. The maximum atomic E-state index is 13.6. The van der Waals surface area contributed by atoms with Crippen molar-refractivity contribution in [3.05, 3.63) is 53.6 Å². The summed E-state index contributed by atoms with van der Waals surface area (Å²) in [6.07, 6.45) is 4.02. The van der Waals surface area contributed by atoms with Gasteiger partial charge in [-0.05, 0) is 52.2 Å². The van der Waals surface area contributed by atoms with Gasteiger partial charge in [0.25, 0.3) is 0 Å². The molecule has 0 heterocycles. The van der Waals surface area contributed by atoms with E-state index in [2.05, 4.69) is 6.58 Å². The van der Waals surface area contributed by atoms with Crippen LogP contribution in [0.4, 0.5) is 0 Å². The Bertz CT molecular complexity index is 724. The van der Waals surface area contributed by atoms with E-state index in [1.54, 1.807) is 27.7 Å². The quantitative estimate of drug-likeness (QED) is 0.236. The van der Waals surface area contributed by atoms with E-state index in [9.17, 15) is 9.13 Å². The van der Waals surface area contributed by atoms with Crippen molar-refractivity contribution < 1.29 is 27.2 Å². The Morgan fingerprint density at radius 2 is 1.45 bits per heavy atom. The minimum atomic E-state index is -3.77. The van der Waals surface area contributed by atoms with Crippen LogP contribution in [-0.2, 0) is 33.6 Å². The molecule has 0 saturated carbocycles. The van der Waals surface area contributed by atoms with Crippen molar-refractivity contribution in [2.24, 2.45) is 0 Å². The third-order valence-corrected chi connectivity index (χ3v) is 9.89. The van der Waals surface area contributed by atoms with Crippen molar-refractivity contribution in [2.75, 3.05) is 26.4 Å². The predicted octanol–water partition coefficient (Wildman–Crippen LogP) is 6.68. The highest BCUT2D eigenvalue weighted by atomic mass is 31.2. The van der Waals surface area contributed by atoms with Gasteiger partial charge in [-0.2, -0.15) is 0 Å². The molecule has 0 N–H and O–H groups in total. The number of hydrogen-bond acceptors (Lipinski definition) is 6. The fourth-order valence-electron chi connectivity index (χ4n) is 2.81. The zero-order valence-electron chi connectivity index (χ0n) is 18.1. The van der Waals surface area contributed by atoms with Gasteiger partial charge in [0.2, 0.25) is 0 Å². The molecule has 0 amide bonds. The van der Waals surface area contributed by atoms with Gasteiger partial charge in [-0.15, -0.1) is 0 Å². The molecule has 0 aliphatic rings. The molecule has 0 unspecified atom stereocenters. The third kappa shape index (κ3) is 7.97. The molecule has 0 aliphatic heterocycles. The fourth-order valence-corrected chi connectivity index (χ4v) is 8.14. The zero-order chi connectivity index (χ0) is 21.9. The van der Waals surface area contributed by atoms with E-state index in [4.69, 9.17) is 18.1 Å². The lowest BCUT2D eigenvalue weighted by Crippen LogP contribution is -2.20. The standard InChI is InChI=1S/C21H34O6P2/c1-7-24-28(22,25-8-2)21(29(23,26-9-3)27-10-4)17-20-13-11-12-19(16-20)15-14-18(5)6/h11-16,21H,5,7-10,17H2,1-4,6H3. The minimum absolute atomic E-state index is 0.160. The van der Waals surface area contributed by atoms with Crippen LogP contribution in [0.5, 0.6) is 0 Å². The van der Waals surface area contributed by atoms with Gasteiger partial charge >= 0.3 is 15.2 Å². The van der Waals surface area contributed by atoms with E-state index in [-0.39, 0.29) is 32.8 Å². The summed E-state index contributed by atoms with van der Waals surface area (Å²) in [4.78, 5) is 0. The lowest BCUT2D eigenvalue weighted by atomic mass is 10.1. The van der Waals surface area contributed by atoms with Crippen molar-refractivity contribution in [1.29, 1.82) is 0 Å². The second-order valence-electron chi connectivity index (χ2n) is 6.36. The summed E-state index contributed by atoms with van der Waals surface area (Å²) in [5.41, 5.74) is 2.72. The number of benzene rings is 1. The molecule has 1 aromatic rings. The molecular formula is C21H34O6P2. The normalized spacial score (nSPS) is 12.8. The van der Waals surface area contributed by atoms with Gasteiger partial charge in [0.05, 0.1) is 26.4 Å². The summed E-state index contributed by atoms with van der Waals surface area (Å²) in [5, 5.41) is -1.06. The molecule has 0 spiro atoms. The van der Waals surface area contributed by atoms with Gasteiger partial charge in [0.15, 0.2) is 5.40 Å². The van der Waals surface area contributed by atoms with Gasteiger partial charge < -0.3 is 18.1 Å². The summed E-state index contributed by atoms with van der Waals surface area (Å²) in [7, 11) is -7.53. The Kier molecular flexibility index (Phi) is 11.3. The largest absolute Gasteiger partial charge is 0.346 e. The molecular weight excluding hydrogens is 410 g/mol. The Morgan fingerprint density at radius 1 is 0.966 bits per heavy atom. The molecule has 29 heavy (non-hydrogen) atoms. The van der Waals surface area contributed by atoms with Crippen molar-refractivity contribution in [2.45, 2.75) is 46.4 Å². The SMILES string of the molecule is C=C(C)C=Cc1cccc(CC(P(=O)(OCC)OCC)P(=O)(OCC)OCC)c1. The van der Waals surface area contributed by atoms with E-state index < -0.39 is 20.6 Å². The fraction of sp³-hybridized carbons (Fsp3) is 0.524. The first kappa shape index (κ1) is 26.0. The molecule has 0 bridgehead atoms. The Labute approximate surface area is 175 Å². The molecule has 164 valence electrons. The van der Waals surface area contributed by atoms with E-state index in [0.29, 0.717) is 0 Å². The van der Waals surface area contributed by atoms with Crippen LogP contribution in [-0.4, -0.2) is 31.8 Å². The van der Waals surface area contributed by atoms with Crippen LogP contribution in [0.3, 0.4) is 0 Å². The summed E-state index contributed by atoms with van der Waals surface area (Å²) in [6.45, 7) is 13.3. The zero-order valence-corrected chi connectivity index (χ0v) is 19.9. The first-order valence-electron chi connectivity index (χ1n) is 9.94. The molecule has 0 saturated heterocycles. The molecule has 6 nitrogen and oxygen atoms in total. The summed E-state index contributed by atoms with van der Waals surface area (Å²) >= 11 is 0. The molecule has 1 rings (SSSR count). The van der Waals surface area contributed by atoms with Gasteiger partial charge in [0.1, 0.15) is 0 Å². The number of allylic oxidation sites excluding steroid dienone is 2. The maximum absolute atomic E-state index is 13.6. The Hall–Kier alpha value is -1.00. The predicted molar refractivity (Wildman–Crippen MR) is 119 cm³/mol. The smallest absolute Gasteiger partial charge is 0.308 e. The van der Waals surface area contributed by atoms with Crippen LogP contribution < -0.4 is 0 Å². The average Bonchev–Trinajstić information content (AvgIpc) is 2.65. The van der Waals surface area contributed by atoms with Gasteiger partial charge in [-0.25, -0.2) is 0 Å². The van der Waals surface area contributed by atoms with Crippen molar-refractivity contribution in [1.82, 2.24) is 0 Å². The lowest BCUT2D eigenvalue weighted by Gasteiger charge is -2.31. The molecule has 0 aliphatic carbocycles. The average molecular weight is 444 g/mol. The topological polar surface area (TPSA) is 71.1 Å². The van der Waals surface area contributed by atoms with Crippen LogP contribution >= 0.6 is 15.2 Å². The van der Waals surface area contributed by atoms with Gasteiger partial charge in [0, 0.05) is 0 Å².